The summed E-state index contributed by atoms with van der Waals surface area (Å²) in [5.74, 6) is 0.177. The lowest BCUT2D eigenvalue weighted by Crippen LogP contribution is -2.40. The molecule has 5 rings (SSSR count). The highest BCUT2D eigenvalue weighted by atomic mass is 35.5. The summed E-state index contributed by atoms with van der Waals surface area (Å²) in [6.07, 6.45) is -4.69. The Kier molecular flexibility index (Phi) is 6.71. The Morgan fingerprint density at radius 2 is 1.83 bits per heavy atom. The van der Waals surface area contributed by atoms with E-state index in [1.54, 1.807) is 0 Å². The van der Waals surface area contributed by atoms with Gasteiger partial charge in [-0.2, -0.15) is 18.2 Å². The van der Waals surface area contributed by atoms with Crippen LogP contribution in [0.5, 0.6) is 0 Å². The number of rotatable bonds is 5. The van der Waals surface area contributed by atoms with Gasteiger partial charge in [0.05, 0.1) is 13.0 Å². The lowest BCUT2D eigenvalue weighted by atomic mass is 10.1. The van der Waals surface area contributed by atoms with Gasteiger partial charge in [0, 0.05) is 39.3 Å². The number of benzene rings is 1. The first-order valence-corrected chi connectivity index (χ1v) is 11.1. The number of anilines is 1. The summed E-state index contributed by atoms with van der Waals surface area (Å²) in [6, 6.07) is 5.41. The molecule has 2 aliphatic heterocycles. The maximum Gasteiger partial charge on any atom is 0.390 e. The minimum Gasteiger partial charge on any atom is -0.338 e. The van der Waals surface area contributed by atoms with Crippen molar-refractivity contribution in [1.82, 2.24) is 24.0 Å². The molecule has 2 aromatic heterocycles. The van der Waals surface area contributed by atoms with E-state index in [0.717, 1.165) is 17.5 Å². The van der Waals surface area contributed by atoms with Crippen molar-refractivity contribution in [3.8, 4) is 0 Å². The predicted molar refractivity (Wildman–Crippen MR) is 125 cm³/mol. The van der Waals surface area contributed by atoms with Gasteiger partial charge < -0.3 is 14.8 Å². The van der Waals surface area contributed by atoms with Crippen LogP contribution in [0.3, 0.4) is 0 Å². The third-order valence-corrected chi connectivity index (χ3v) is 6.79. The molecule has 4 heterocycles. The standard InChI is InChI=1S/C22H24F4N6O2.ClH/c1-29-18-17(19(33)32(21(29)34)12-13-2-4-15(23)5-3-13)31(9-7-22(24,25)26)20(28-18)30-8-6-14-10-27-11-16(14)30;/h2-5,14,16,27H,6-12H2,1H3;1H. The van der Waals surface area contributed by atoms with E-state index in [9.17, 15) is 27.2 Å². The summed E-state index contributed by atoms with van der Waals surface area (Å²) in [5.41, 5.74) is -0.838. The van der Waals surface area contributed by atoms with E-state index in [4.69, 9.17) is 0 Å². The molecule has 2 saturated heterocycles. The van der Waals surface area contributed by atoms with Gasteiger partial charge >= 0.3 is 11.9 Å². The number of hydrogen-bond acceptors (Lipinski definition) is 5. The Bertz CT molecular complexity index is 1350. The number of nitrogens with zero attached hydrogens (tertiary/aromatic N) is 5. The van der Waals surface area contributed by atoms with Gasteiger partial charge in [0.2, 0.25) is 5.95 Å². The minimum absolute atomic E-state index is 0. The number of hydrogen-bond donors (Lipinski definition) is 1. The van der Waals surface area contributed by atoms with Crippen molar-refractivity contribution in [3.05, 3.63) is 56.5 Å². The van der Waals surface area contributed by atoms with Crippen LogP contribution in [-0.2, 0) is 20.1 Å². The van der Waals surface area contributed by atoms with Crippen LogP contribution >= 0.6 is 12.4 Å². The SMILES string of the molecule is Cl.Cn1c(=O)n(Cc2ccc(F)cc2)c(=O)c2c1nc(N1CCC3CNCC31)n2CCC(F)(F)F. The van der Waals surface area contributed by atoms with Crippen LogP contribution in [0, 0.1) is 11.7 Å². The molecule has 2 atom stereocenters. The summed E-state index contributed by atoms with van der Waals surface area (Å²) in [6.45, 7) is 1.50. The van der Waals surface area contributed by atoms with Gasteiger partial charge in [-0.3, -0.25) is 13.9 Å². The summed E-state index contributed by atoms with van der Waals surface area (Å²) >= 11 is 0. The van der Waals surface area contributed by atoms with E-state index in [2.05, 4.69) is 10.3 Å². The average molecular weight is 517 g/mol. The number of halogens is 5. The molecular formula is C22H25ClF4N6O2. The molecule has 2 aliphatic rings. The Labute approximate surface area is 203 Å². The highest BCUT2D eigenvalue weighted by Crippen LogP contribution is 2.33. The second kappa shape index (κ2) is 9.30. The van der Waals surface area contributed by atoms with Crippen LogP contribution in [0.1, 0.15) is 18.4 Å². The largest absolute Gasteiger partial charge is 0.390 e. The molecule has 3 aromatic rings. The van der Waals surface area contributed by atoms with Gasteiger partial charge in [-0.1, -0.05) is 12.1 Å². The number of fused-ring (bicyclic) bond motifs is 2. The molecule has 13 heteroatoms. The number of alkyl halides is 3. The number of imidazole rings is 1. The van der Waals surface area contributed by atoms with Crippen LogP contribution in [-0.4, -0.2) is 50.5 Å². The van der Waals surface area contributed by atoms with E-state index >= 15 is 0 Å². The molecular weight excluding hydrogens is 492 g/mol. The molecule has 35 heavy (non-hydrogen) atoms. The van der Waals surface area contributed by atoms with Gasteiger partial charge in [-0.15, -0.1) is 12.4 Å². The van der Waals surface area contributed by atoms with Crippen molar-refractivity contribution < 1.29 is 17.6 Å². The highest BCUT2D eigenvalue weighted by molar-refractivity contribution is 5.85. The quantitative estimate of drug-likeness (QED) is 0.527. The maximum atomic E-state index is 13.5. The molecule has 1 aromatic carbocycles. The molecule has 8 nitrogen and oxygen atoms in total. The lowest BCUT2D eigenvalue weighted by Gasteiger charge is -2.25. The van der Waals surface area contributed by atoms with Gasteiger partial charge in [-0.05, 0) is 30.0 Å². The van der Waals surface area contributed by atoms with Crippen LogP contribution in [0.25, 0.3) is 11.2 Å². The molecule has 0 saturated carbocycles. The smallest absolute Gasteiger partial charge is 0.338 e. The van der Waals surface area contributed by atoms with Gasteiger partial charge in [0.1, 0.15) is 5.82 Å². The van der Waals surface area contributed by atoms with Crippen LogP contribution < -0.4 is 21.5 Å². The van der Waals surface area contributed by atoms with E-state index in [-0.39, 0.29) is 42.1 Å². The Morgan fingerprint density at radius 1 is 1.11 bits per heavy atom. The van der Waals surface area contributed by atoms with Crippen molar-refractivity contribution in [1.29, 1.82) is 0 Å². The summed E-state index contributed by atoms with van der Waals surface area (Å²) in [5, 5.41) is 3.30. The fourth-order valence-electron chi connectivity index (χ4n) is 5.04. The molecule has 190 valence electrons. The molecule has 0 radical (unpaired) electrons. The third-order valence-electron chi connectivity index (χ3n) is 6.79. The number of aromatic nitrogens is 4. The topological polar surface area (TPSA) is 77.1 Å². The summed E-state index contributed by atoms with van der Waals surface area (Å²) in [7, 11) is 1.44. The van der Waals surface area contributed by atoms with Crippen molar-refractivity contribution in [2.24, 2.45) is 13.0 Å². The predicted octanol–water partition coefficient (Wildman–Crippen LogP) is 2.26. The lowest BCUT2D eigenvalue weighted by molar-refractivity contribution is -0.136. The highest BCUT2D eigenvalue weighted by Gasteiger charge is 2.40. The number of aryl methyl sites for hydroxylation is 2. The molecule has 0 aliphatic carbocycles. The molecule has 0 bridgehead atoms. The van der Waals surface area contributed by atoms with Crippen molar-refractivity contribution in [3.63, 3.8) is 0 Å². The first kappa shape index (κ1) is 25.2. The Balaban J connectivity index is 0.00000289. The zero-order valence-corrected chi connectivity index (χ0v) is 19.7. The average Bonchev–Trinajstić information content (AvgIpc) is 3.49. The van der Waals surface area contributed by atoms with E-state index in [0.29, 0.717) is 24.6 Å². The molecule has 2 unspecified atom stereocenters. The summed E-state index contributed by atoms with van der Waals surface area (Å²) in [4.78, 5) is 33.0. The van der Waals surface area contributed by atoms with Crippen LogP contribution in [0.4, 0.5) is 23.5 Å². The molecule has 2 fully saturated rings. The van der Waals surface area contributed by atoms with Crippen molar-refractivity contribution in [2.45, 2.75) is 38.1 Å². The van der Waals surface area contributed by atoms with Gasteiger partial charge in [0.25, 0.3) is 5.56 Å². The first-order valence-electron chi connectivity index (χ1n) is 11.1. The van der Waals surface area contributed by atoms with Gasteiger partial charge in [0.15, 0.2) is 11.2 Å². The van der Waals surface area contributed by atoms with E-state index < -0.39 is 36.2 Å². The third kappa shape index (κ3) is 4.56. The first-order chi connectivity index (χ1) is 16.1. The zero-order valence-electron chi connectivity index (χ0n) is 18.9. The Hall–Kier alpha value is -2.86. The van der Waals surface area contributed by atoms with E-state index in [1.165, 1.54) is 40.4 Å². The second-order valence-electron chi connectivity index (χ2n) is 8.93. The normalized spacial score (nSPS) is 19.9. The monoisotopic (exact) mass is 516 g/mol. The fraction of sp³-hybridized carbons (Fsp3) is 0.500. The summed E-state index contributed by atoms with van der Waals surface area (Å²) < 4.78 is 56.3. The fourth-order valence-corrected chi connectivity index (χ4v) is 5.04. The van der Waals surface area contributed by atoms with Crippen molar-refractivity contribution >= 4 is 29.5 Å². The number of nitrogens with one attached hydrogen (secondary N) is 1. The zero-order chi connectivity index (χ0) is 24.2. The molecule has 0 amide bonds. The van der Waals surface area contributed by atoms with Crippen LogP contribution in [0.15, 0.2) is 33.9 Å². The second-order valence-corrected chi connectivity index (χ2v) is 8.93. The van der Waals surface area contributed by atoms with Gasteiger partial charge in [-0.25, -0.2) is 9.18 Å². The molecule has 0 spiro atoms. The molecule has 1 N–H and O–H groups in total. The Morgan fingerprint density at radius 3 is 2.51 bits per heavy atom. The van der Waals surface area contributed by atoms with E-state index in [1.807, 2.05) is 4.90 Å². The van der Waals surface area contributed by atoms with Crippen molar-refractivity contribution in [2.75, 3.05) is 24.5 Å². The minimum atomic E-state index is -4.43. The maximum absolute atomic E-state index is 13.5. The van der Waals surface area contributed by atoms with Crippen LogP contribution in [0.2, 0.25) is 0 Å².